The van der Waals surface area contributed by atoms with Gasteiger partial charge in [0.05, 0.1) is 17.2 Å². The topological polar surface area (TPSA) is 96.0 Å². The van der Waals surface area contributed by atoms with Gasteiger partial charge in [0, 0.05) is 13.1 Å². The Labute approximate surface area is 244 Å². The van der Waals surface area contributed by atoms with Crippen molar-refractivity contribution in [1.29, 1.82) is 0 Å². The van der Waals surface area contributed by atoms with Crippen LogP contribution < -0.4 is 14.4 Å². The molecule has 3 aromatic carbocycles. The van der Waals surface area contributed by atoms with E-state index in [0.29, 0.717) is 31.0 Å². The van der Waals surface area contributed by atoms with Crippen molar-refractivity contribution >= 4 is 27.5 Å². The second kappa shape index (κ2) is 14.7. The number of carbonyl (C=O) groups is 2. The summed E-state index contributed by atoms with van der Waals surface area (Å²) in [5, 5.41) is 2.90. The maximum atomic E-state index is 14.1. The van der Waals surface area contributed by atoms with E-state index in [0.717, 1.165) is 27.4 Å². The summed E-state index contributed by atoms with van der Waals surface area (Å²) in [5.74, 6) is -0.145. The molecule has 0 spiro atoms. The molecular formula is C32H41N3O5S. The van der Waals surface area contributed by atoms with E-state index in [1.807, 2.05) is 58.9 Å². The van der Waals surface area contributed by atoms with Crippen LogP contribution in [0.3, 0.4) is 0 Å². The number of nitrogens with one attached hydrogen (secondary N) is 1. The summed E-state index contributed by atoms with van der Waals surface area (Å²) in [6.07, 6.45) is 1.13. The predicted octanol–water partition coefficient (Wildman–Crippen LogP) is 5.23. The van der Waals surface area contributed by atoms with Gasteiger partial charge in [-0.2, -0.15) is 0 Å². The zero-order valence-electron chi connectivity index (χ0n) is 24.6. The molecule has 8 nitrogen and oxygen atoms in total. The highest BCUT2D eigenvalue weighted by molar-refractivity contribution is 7.92. The minimum atomic E-state index is -4.13. The number of rotatable bonds is 14. The minimum absolute atomic E-state index is 0.0720. The van der Waals surface area contributed by atoms with E-state index in [9.17, 15) is 18.0 Å². The zero-order chi connectivity index (χ0) is 30.0. The monoisotopic (exact) mass is 579 g/mol. The fourth-order valence-corrected chi connectivity index (χ4v) is 5.95. The van der Waals surface area contributed by atoms with Gasteiger partial charge in [-0.05, 0) is 75.6 Å². The molecule has 2 amide bonds. The van der Waals surface area contributed by atoms with Crippen LogP contribution in [0.2, 0.25) is 0 Å². The van der Waals surface area contributed by atoms with Crippen molar-refractivity contribution in [2.24, 2.45) is 0 Å². The van der Waals surface area contributed by atoms with E-state index in [1.54, 1.807) is 36.4 Å². The summed E-state index contributed by atoms with van der Waals surface area (Å²) in [6.45, 7) is 10.2. The summed E-state index contributed by atoms with van der Waals surface area (Å²) < 4.78 is 34.6. The summed E-state index contributed by atoms with van der Waals surface area (Å²) in [5.41, 5.74) is 3.12. The van der Waals surface area contributed by atoms with Gasteiger partial charge in [-0.15, -0.1) is 0 Å². The van der Waals surface area contributed by atoms with Crippen molar-refractivity contribution in [3.05, 3.63) is 89.5 Å². The second-order valence-corrected chi connectivity index (χ2v) is 11.8. The van der Waals surface area contributed by atoms with Crippen LogP contribution in [0.1, 0.15) is 50.3 Å². The summed E-state index contributed by atoms with van der Waals surface area (Å²) in [7, 11) is -4.13. The van der Waals surface area contributed by atoms with Gasteiger partial charge >= 0.3 is 0 Å². The fraction of sp³-hybridized carbons (Fsp3) is 0.375. The molecule has 0 aliphatic heterocycles. The molecule has 9 heteroatoms. The van der Waals surface area contributed by atoms with E-state index in [2.05, 4.69) is 5.32 Å². The Morgan fingerprint density at radius 1 is 0.902 bits per heavy atom. The van der Waals surface area contributed by atoms with Crippen LogP contribution in [-0.4, -0.2) is 50.9 Å². The van der Waals surface area contributed by atoms with Gasteiger partial charge in [0.1, 0.15) is 18.3 Å². The van der Waals surface area contributed by atoms with Crippen LogP contribution in [0, 0.1) is 13.8 Å². The van der Waals surface area contributed by atoms with Gasteiger partial charge in [-0.1, -0.05) is 61.4 Å². The van der Waals surface area contributed by atoms with E-state index < -0.39 is 28.5 Å². The molecule has 0 radical (unpaired) electrons. The molecule has 1 atom stereocenters. The number of anilines is 1. The quantitative estimate of drug-likeness (QED) is 0.282. The number of amides is 2. The van der Waals surface area contributed by atoms with Crippen molar-refractivity contribution in [2.75, 3.05) is 24.0 Å². The lowest BCUT2D eigenvalue weighted by Gasteiger charge is -2.33. The first-order valence-electron chi connectivity index (χ1n) is 14.1. The molecule has 0 fully saturated rings. The Bertz CT molecular complexity index is 1410. The molecule has 0 saturated heterocycles. The van der Waals surface area contributed by atoms with Gasteiger partial charge in [-0.25, -0.2) is 8.42 Å². The maximum absolute atomic E-state index is 14.1. The Kier molecular flexibility index (Phi) is 11.3. The molecule has 0 bridgehead atoms. The SMILES string of the molecule is CCCNC(=O)C(CC)N(Cc1cccc(C)c1)C(=O)CN(c1ccc(OCC)cc1)S(=O)(=O)c1ccc(C)cc1. The third-order valence-electron chi connectivity index (χ3n) is 6.69. The van der Waals surface area contributed by atoms with Gasteiger partial charge in [-0.3, -0.25) is 13.9 Å². The van der Waals surface area contributed by atoms with Gasteiger partial charge < -0.3 is 15.0 Å². The molecule has 0 aliphatic carbocycles. The first-order chi connectivity index (χ1) is 19.6. The maximum Gasteiger partial charge on any atom is 0.264 e. The van der Waals surface area contributed by atoms with E-state index in [4.69, 9.17) is 4.74 Å². The molecule has 0 saturated carbocycles. The van der Waals surface area contributed by atoms with Gasteiger partial charge in [0.2, 0.25) is 11.8 Å². The molecule has 3 aromatic rings. The average Bonchev–Trinajstić information content (AvgIpc) is 2.95. The van der Waals surface area contributed by atoms with Crippen molar-refractivity contribution in [1.82, 2.24) is 10.2 Å². The number of hydrogen-bond donors (Lipinski definition) is 1. The van der Waals surface area contributed by atoms with Gasteiger partial charge in [0.25, 0.3) is 10.0 Å². The van der Waals surface area contributed by atoms with E-state index in [1.165, 1.54) is 17.0 Å². The Balaban J connectivity index is 2.05. The highest BCUT2D eigenvalue weighted by Crippen LogP contribution is 2.27. The molecule has 0 heterocycles. The Hall–Kier alpha value is -3.85. The number of benzene rings is 3. The normalized spacial score (nSPS) is 11.9. The minimum Gasteiger partial charge on any atom is -0.494 e. The number of nitrogens with zero attached hydrogens (tertiary/aromatic N) is 2. The average molecular weight is 580 g/mol. The predicted molar refractivity (Wildman–Crippen MR) is 162 cm³/mol. The van der Waals surface area contributed by atoms with Crippen molar-refractivity contribution in [2.45, 2.75) is 64.9 Å². The Morgan fingerprint density at radius 2 is 1.59 bits per heavy atom. The smallest absolute Gasteiger partial charge is 0.264 e. The number of ether oxygens (including phenoxy) is 1. The third-order valence-corrected chi connectivity index (χ3v) is 8.48. The molecule has 41 heavy (non-hydrogen) atoms. The molecule has 1 N–H and O–H groups in total. The molecule has 220 valence electrons. The van der Waals surface area contributed by atoms with Crippen molar-refractivity contribution in [3.8, 4) is 5.75 Å². The lowest BCUT2D eigenvalue weighted by Crippen LogP contribution is -2.52. The lowest BCUT2D eigenvalue weighted by molar-refractivity contribution is -0.140. The van der Waals surface area contributed by atoms with Crippen LogP contribution in [0.15, 0.2) is 77.7 Å². The van der Waals surface area contributed by atoms with E-state index in [-0.39, 0.29) is 17.3 Å². The number of aryl methyl sites for hydroxylation is 2. The molecule has 1 unspecified atom stereocenters. The van der Waals surface area contributed by atoms with Crippen molar-refractivity contribution < 1.29 is 22.7 Å². The van der Waals surface area contributed by atoms with Gasteiger partial charge in [0.15, 0.2) is 0 Å². The standard InChI is InChI=1S/C32H41N3O5S/c1-6-20-33-32(37)30(7-2)34(22-26-11-9-10-25(5)21-26)31(36)23-35(27-14-16-28(17-15-27)40-8-3)41(38,39)29-18-12-24(4)13-19-29/h9-19,21,30H,6-8,20,22-23H2,1-5H3,(H,33,37). The van der Waals surface area contributed by atoms with Crippen LogP contribution >= 0.6 is 0 Å². The highest BCUT2D eigenvalue weighted by atomic mass is 32.2. The Morgan fingerprint density at radius 3 is 2.17 bits per heavy atom. The first kappa shape index (κ1) is 31.7. The van der Waals surface area contributed by atoms with Crippen molar-refractivity contribution in [3.63, 3.8) is 0 Å². The van der Waals surface area contributed by atoms with E-state index >= 15 is 0 Å². The number of sulfonamides is 1. The first-order valence-corrected chi connectivity index (χ1v) is 15.5. The number of hydrogen-bond acceptors (Lipinski definition) is 5. The highest BCUT2D eigenvalue weighted by Gasteiger charge is 2.33. The third kappa shape index (κ3) is 8.33. The summed E-state index contributed by atoms with van der Waals surface area (Å²) in [6, 6.07) is 20.1. The number of carbonyl (C=O) groups excluding carboxylic acids is 2. The molecule has 0 aromatic heterocycles. The van der Waals surface area contributed by atoms with Crippen LogP contribution in [0.5, 0.6) is 5.75 Å². The molecule has 3 rings (SSSR count). The molecule has 0 aliphatic rings. The second-order valence-electron chi connectivity index (χ2n) is 9.98. The fourth-order valence-electron chi connectivity index (χ4n) is 4.53. The van der Waals surface area contributed by atoms with Crippen LogP contribution in [-0.2, 0) is 26.2 Å². The lowest BCUT2D eigenvalue weighted by atomic mass is 10.1. The zero-order valence-corrected chi connectivity index (χ0v) is 25.4. The van der Waals surface area contributed by atoms with Crippen LogP contribution in [0.4, 0.5) is 5.69 Å². The molecular weight excluding hydrogens is 538 g/mol. The summed E-state index contributed by atoms with van der Waals surface area (Å²) in [4.78, 5) is 28.9. The largest absolute Gasteiger partial charge is 0.494 e. The van der Waals surface area contributed by atoms with Crippen LogP contribution in [0.25, 0.3) is 0 Å². The summed E-state index contributed by atoms with van der Waals surface area (Å²) >= 11 is 0.